The van der Waals surface area contributed by atoms with Gasteiger partial charge < -0.3 is 14.8 Å². The summed E-state index contributed by atoms with van der Waals surface area (Å²) >= 11 is 0. The summed E-state index contributed by atoms with van der Waals surface area (Å²) in [7, 11) is 0. The third-order valence-corrected chi connectivity index (χ3v) is 3.43. The molecule has 1 fully saturated rings. The van der Waals surface area contributed by atoms with Gasteiger partial charge in [-0.2, -0.15) is 0 Å². The number of nitrogens with one attached hydrogen (secondary N) is 1. The molecule has 19 heavy (non-hydrogen) atoms. The predicted molar refractivity (Wildman–Crippen MR) is 78.0 cm³/mol. The Labute approximate surface area is 116 Å². The van der Waals surface area contributed by atoms with Crippen LogP contribution in [0.15, 0.2) is 24.3 Å². The summed E-state index contributed by atoms with van der Waals surface area (Å²) in [6, 6.07) is 8.03. The first-order valence-electron chi connectivity index (χ1n) is 7.48. The van der Waals surface area contributed by atoms with Crippen LogP contribution in [-0.4, -0.2) is 25.8 Å². The van der Waals surface area contributed by atoms with Gasteiger partial charge in [0.15, 0.2) is 0 Å². The lowest BCUT2D eigenvalue weighted by atomic mass is 10.1. The van der Waals surface area contributed by atoms with E-state index in [1.54, 1.807) is 0 Å². The molecule has 0 atom stereocenters. The predicted octanol–water partition coefficient (Wildman–Crippen LogP) is 3.39. The fraction of sp³-hybridized carbons (Fsp3) is 0.625. The first kappa shape index (κ1) is 14.2. The van der Waals surface area contributed by atoms with Crippen LogP contribution in [0.5, 0.6) is 11.5 Å². The standard InChI is InChI=1S/C16H25NO2/c1-2-3-4-13-18-14-5-7-15(8-6-14)19-16-9-11-17-12-10-16/h5-8,16-17H,2-4,9-13H2,1H3. The van der Waals surface area contributed by atoms with Crippen molar-refractivity contribution in [2.75, 3.05) is 19.7 Å². The molecule has 3 nitrogen and oxygen atoms in total. The molecule has 106 valence electrons. The summed E-state index contributed by atoms with van der Waals surface area (Å²) < 4.78 is 11.6. The van der Waals surface area contributed by atoms with Gasteiger partial charge in [-0.05, 0) is 56.6 Å². The largest absolute Gasteiger partial charge is 0.494 e. The summed E-state index contributed by atoms with van der Waals surface area (Å²) in [6.45, 7) is 5.13. The van der Waals surface area contributed by atoms with E-state index >= 15 is 0 Å². The van der Waals surface area contributed by atoms with Gasteiger partial charge in [0.2, 0.25) is 0 Å². The van der Waals surface area contributed by atoms with E-state index in [0.29, 0.717) is 6.10 Å². The zero-order valence-corrected chi connectivity index (χ0v) is 11.9. The van der Waals surface area contributed by atoms with Crippen LogP contribution in [0.1, 0.15) is 39.0 Å². The van der Waals surface area contributed by atoms with Gasteiger partial charge in [-0.25, -0.2) is 0 Å². The molecule has 0 saturated carbocycles. The lowest BCUT2D eigenvalue weighted by Gasteiger charge is -2.23. The third-order valence-electron chi connectivity index (χ3n) is 3.43. The second-order valence-corrected chi connectivity index (χ2v) is 5.09. The quantitative estimate of drug-likeness (QED) is 0.765. The van der Waals surface area contributed by atoms with E-state index in [1.807, 2.05) is 24.3 Å². The van der Waals surface area contributed by atoms with Gasteiger partial charge >= 0.3 is 0 Å². The minimum Gasteiger partial charge on any atom is -0.494 e. The first-order valence-corrected chi connectivity index (χ1v) is 7.48. The van der Waals surface area contributed by atoms with Crippen LogP contribution in [0, 0.1) is 0 Å². The van der Waals surface area contributed by atoms with Crippen molar-refractivity contribution >= 4 is 0 Å². The fourth-order valence-corrected chi connectivity index (χ4v) is 2.26. The number of hydrogen-bond acceptors (Lipinski definition) is 3. The second-order valence-electron chi connectivity index (χ2n) is 5.09. The van der Waals surface area contributed by atoms with Crippen molar-refractivity contribution in [1.82, 2.24) is 5.32 Å². The van der Waals surface area contributed by atoms with Gasteiger partial charge in [-0.3, -0.25) is 0 Å². The average Bonchev–Trinajstić information content (AvgIpc) is 2.46. The average molecular weight is 263 g/mol. The molecule has 1 N–H and O–H groups in total. The number of ether oxygens (including phenoxy) is 2. The highest BCUT2D eigenvalue weighted by molar-refractivity contribution is 5.31. The van der Waals surface area contributed by atoms with Gasteiger partial charge in [0.25, 0.3) is 0 Å². The monoisotopic (exact) mass is 263 g/mol. The molecule has 1 saturated heterocycles. The van der Waals surface area contributed by atoms with E-state index in [2.05, 4.69) is 12.2 Å². The summed E-state index contributed by atoms with van der Waals surface area (Å²) in [4.78, 5) is 0. The fourth-order valence-electron chi connectivity index (χ4n) is 2.26. The number of benzene rings is 1. The molecular weight excluding hydrogens is 238 g/mol. The van der Waals surface area contributed by atoms with Gasteiger partial charge in [0.1, 0.15) is 17.6 Å². The Hall–Kier alpha value is -1.22. The number of hydrogen-bond donors (Lipinski definition) is 1. The molecule has 0 aromatic heterocycles. The van der Waals surface area contributed by atoms with Crippen molar-refractivity contribution in [1.29, 1.82) is 0 Å². The lowest BCUT2D eigenvalue weighted by Crippen LogP contribution is -2.34. The Morgan fingerprint density at radius 2 is 1.74 bits per heavy atom. The van der Waals surface area contributed by atoms with Crippen LogP contribution in [-0.2, 0) is 0 Å². The maximum absolute atomic E-state index is 5.96. The second kappa shape index (κ2) is 8.05. The van der Waals surface area contributed by atoms with Crippen molar-refractivity contribution in [3.8, 4) is 11.5 Å². The first-order chi connectivity index (χ1) is 9.38. The Morgan fingerprint density at radius 1 is 1.05 bits per heavy atom. The molecule has 0 amide bonds. The van der Waals surface area contributed by atoms with E-state index in [4.69, 9.17) is 9.47 Å². The molecule has 2 rings (SSSR count). The maximum atomic E-state index is 5.96. The Morgan fingerprint density at radius 3 is 2.42 bits per heavy atom. The highest BCUT2D eigenvalue weighted by atomic mass is 16.5. The number of piperidine rings is 1. The van der Waals surface area contributed by atoms with Crippen LogP contribution in [0.3, 0.4) is 0 Å². The number of unbranched alkanes of at least 4 members (excludes halogenated alkanes) is 2. The summed E-state index contributed by atoms with van der Waals surface area (Å²) in [5.41, 5.74) is 0. The molecule has 0 radical (unpaired) electrons. The van der Waals surface area contributed by atoms with Crippen LogP contribution in [0.4, 0.5) is 0 Å². The highest BCUT2D eigenvalue weighted by Gasteiger charge is 2.14. The molecule has 0 spiro atoms. The molecule has 1 heterocycles. The van der Waals surface area contributed by atoms with Crippen LogP contribution in [0.2, 0.25) is 0 Å². The van der Waals surface area contributed by atoms with Crippen LogP contribution < -0.4 is 14.8 Å². The van der Waals surface area contributed by atoms with E-state index in [-0.39, 0.29) is 0 Å². The van der Waals surface area contributed by atoms with E-state index < -0.39 is 0 Å². The Balaban J connectivity index is 1.74. The van der Waals surface area contributed by atoms with Gasteiger partial charge in [-0.1, -0.05) is 19.8 Å². The van der Waals surface area contributed by atoms with Crippen LogP contribution >= 0.6 is 0 Å². The molecule has 0 unspecified atom stereocenters. The SMILES string of the molecule is CCCCCOc1ccc(OC2CCNCC2)cc1. The molecule has 0 aliphatic carbocycles. The van der Waals surface area contributed by atoms with E-state index in [0.717, 1.165) is 50.5 Å². The van der Waals surface area contributed by atoms with E-state index in [1.165, 1.54) is 12.8 Å². The normalized spacial score (nSPS) is 16.3. The molecule has 1 aromatic carbocycles. The van der Waals surface area contributed by atoms with E-state index in [9.17, 15) is 0 Å². The maximum Gasteiger partial charge on any atom is 0.119 e. The minimum absolute atomic E-state index is 0.359. The summed E-state index contributed by atoms with van der Waals surface area (Å²) in [5.74, 6) is 1.89. The summed E-state index contributed by atoms with van der Waals surface area (Å²) in [6.07, 6.45) is 6.13. The molecule has 1 aliphatic rings. The van der Waals surface area contributed by atoms with Crippen LogP contribution in [0.25, 0.3) is 0 Å². The molecule has 3 heteroatoms. The molecule has 1 aromatic rings. The Bertz CT molecular complexity index is 344. The lowest BCUT2D eigenvalue weighted by molar-refractivity contribution is 0.162. The zero-order valence-electron chi connectivity index (χ0n) is 11.9. The van der Waals surface area contributed by atoms with Crippen molar-refractivity contribution < 1.29 is 9.47 Å². The van der Waals surface area contributed by atoms with Crippen molar-refractivity contribution in [3.63, 3.8) is 0 Å². The topological polar surface area (TPSA) is 30.5 Å². The number of rotatable bonds is 7. The van der Waals surface area contributed by atoms with Gasteiger partial charge in [0.05, 0.1) is 6.61 Å². The van der Waals surface area contributed by atoms with Gasteiger partial charge in [-0.15, -0.1) is 0 Å². The summed E-state index contributed by atoms with van der Waals surface area (Å²) in [5, 5.41) is 3.34. The smallest absolute Gasteiger partial charge is 0.119 e. The minimum atomic E-state index is 0.359. The third kappa shape index (κ3) is 5.11. The van der Waals surface area contributed by atoms with Crippen molar-refractivity contribution in [2.45, 2.75) is 45.1 Å². The zero-order chi connectivity index (χ0) is 13.3. The molecule has 1 aliphatic heterocycles. The Kier molecular flexibility index (Phi) is 6.02. The molecular formula is C16H25NO2. The van der Waals surface area contributed by atoms with Gasteiger partial charge in [0, 0.05) is 0 Å². The molecule has 0 bridgehead atoms. The highest BCUT2D eigenvalue weighted by Crippen LogP contribution is 2.20. The van der Waals surface area contributed by atoms with Crippen molar-refractivity contribution in [2.24, 2.45) is 0 Å². The van der Waals surface area contributed by atoms with Crippen molar-refractivity contribution in [3.05, 3.63) is 24.3 Å².